The van der Waals surface area contributed by atoms with Crippen molar-refractivity contribution in [3.8, 4) is 6.07 Å². The van der Waals surface area contributed by atoms with Gasteiger partial charge in [-0.3, -0.25) is 4.79 Å². The molecule has 102 valence electrons. The monoisotopic (exact) mass is 300 g/mol. The zero-order chi connectivity index (χ0) is 14.5. The fraction of sp³-hybridized carbons (Fsp3) is 0.333. The third kappa shape index (κ3) is 4.23. The van der Waals surface area contributed by atoms with Crippen molar-refractivity contribution in [1.29, 1.82) is 5.26 Å². The molecule has 0 bridgehead atoms. The lowest BCUT2D eigenvalue weighted by molar-refractivity contribution is -0.127. The lowest BCUT2D eigenvalue weighted by Crippen LogP contribution is -2.33. The zero-order valence-corrected chi connectivity index (χ0v) is 11.9. The summed E-state index contributed by atoms with van der Waals surface area (Å²) < 4.78 is 24.1. The van der Waals surface area contributed by atoms with Crippen molar-refractivity contribution in [2.45, 2.75) is 11.3 Å². The van der Waals surface area contributed by atoms with E-state index in [2.05, 4.69) is 0 Å². The van der Waals surface area contributed by atoms with Crippen LogP contribution < -0.4 is 0 Å². The molecule has 0 saturated heterocycles. The molecule has 0 fully saturated rings. The second-order valence-corrected chi connectivity index (χ2v) is 6.28. The van der Waals surface area contributed by atoms with Crippen LogP contribution in [0.25, 0.3) is 0 Å². The molecular formula is C12H13ClN2O3S. The zero-order valence-electron chi connectivity index (χ0n) is 10.3. The van der Waals surface area contributed by atoms with Crippen LogP contribution in [0.5, 0.6) is 0 Å². The van der Waals surface area contributed by atoms with Crippen LogP contribution in [0.4, 0.5) is 0 Å². The smallest absolute Gasteiger partial charge is 0.237 e. The van der Waals surface area contributed by atoms with Gasteiger partial charge in [-0.2, -0.15) is 5.26 Å². The predicted octanol–water partition coefficient (Wildman–Crippen LogP) is 1.49. The summed E-state index contributed by atoms with van der Waals surface area (Å²) in [6.45, 7) is 0.202. The summed E-state index contributed by atoms with van der Waals surface area (Å²) >= 11 is 5.81. The van der Waals surface area contributed by atoms with Gasteiger partial charge in [-0.05, 0) is 12.1 Å². The van der Waals surface area contributed by atoms with Crippen LogP contribution in [0, 0.1) is 11.3 Å². The molecule has 0 saturated carbocycles. The number of carbonyl (C=O) groups is 1. The third-order valence-electron chi connectivity index (χ3n) is 2.47. The second-order valence-electron chi connectivity index (χ2n) is 3.91. The fourth-order valence-electron chi connectivity index (χ4n) is 1.39. The van der Waals surface area contributed by atoms with E-state index in [0.29, 0.717) is 0 Å². The molecule has 0 aromatic heterocycles. The van der Waals surface area contributed by atoms with Crippen molar-refractivity contribution < 1.29 is 13.2 Å². The van der Waals surface area contributed by atoms with Crippen molar-refractivity contribution in [3.05, 3.63) is 29.3 Å². The lowest BCUT2D eigenvalue weighted by atomic mass is 10.4. The normalized spacial score (nSPS) is 10.8. The van der Waals surface area contributed by atoms with Crippen molar-refractivity contribution >= 4 is 27.3 Å². The molecule has 0 aliphatic heterocycles. The van der Waals surface area contributed by atoms with E-state index in [4.69, 9.17) is 16.9 Å². The van der Waals surface area contributed by atoms with Crippen LogP contribution in [0.1, 0.15) is 6.42 Å². The van der Waals surface area contributed by atoms with Crippen molar-refractivity contribution in [2.24, 2.45) is 0 Å². The van der Waals surface area contributed by atoms with E-state index in [-0.39, 0.29) is 22.9 Å². The van der Waals surface area contributed by atoms with E-state index in [1.807, 2.05) is 6.07 Å². The molecule has 0 radical (unpaired) electrons. The van der Waals surface area contributed by atoms with Gasteiger partial charge >= 0.3 is 0 Å². The van der Waals surface area contributed by atoms with Gasteiger partial charge in [0.15, 0.2) is 9.84 Å². The Morgan fingerprint density at radius 2 is 2.05 bits per heavy atom. The average Bonchev–Trinajstić information content (AvgIpc) is 2.35. The Labute approximate surface area is 117 Å². The standard InChI is InChI=1S/C12H13ClN2O3S/c1-15(8-4-7-14)12(16)9-19(17,18)11-6-3-2-5-10(11)13/h2-3,5-6H,4,8-9H2,1H3. The summed E-state index contributed by atoms with van der Waals surface area (Å²) in [6, 6.07) is 7.87. The van der Waals surface area contributed by atoms with Crippen LogP contribution in [0.15, 0.2) is 29.2 Å². The van der Waals surface area contributed by atoms with Gasteiger partial charge in [0.2, 0.25) is 5.91 Å². The number of sulfone groups is 1. The molecule has 0 N–H and O–H groups in total. The van der Waals surface area contributed by atoms with Gasteiger partial charge in [-0.15, -0.1) is 0 Å². The Morgan fingerprint density at radius 3 is 2.63 bits per heavy atom. The summed E-state index contributed by atoms with van der Waals surface area (Å²) in [4.78, 5) is 12.9. The van der Waals surface area contributed by atoms with Gasteiger partial charge in [-0.1, -0.05) is 23.7 Å². The first-order chi connectivity index (χ1) is 8.88. The van der Waals surface area contributed by atoms with Crippen molar-refractivity contribution in [2.75, 3.05) is 19.3 Å². The first-order valence-corrected chi connectivity index (χ1v) is 7.49. The number of halogens is 1. The van der Waals surface area contributed by atoms with E-state index in [0.717, 1.165) is 0 Å². The van der Waals surface area contributed by atoms with Crippen LogP contribution >= 0.6 is 11.6 Å². The van der Waals surface area contributed by atoms with Gasteiger partial charge in [0, 0.05) is 13.6 Å². The molecule has 0 spiro atoms. The Hall–Kier alpha value is -1.58. The molecule has 1 aromatic rings. The minimum Gasteiger partial charge on any atom is -0.344 e. The minimum absolute atomic E-state index is 0.0568. The Morgan fingerprint density at radius 1 is 1.42 bits per heavy atom. The third-order valence-corrected chi connectivity index (χ3v) is 4.56. The number of rotatable bonds is 5. The predicted molar refractivity (Wildman–Crippen MR) is 71.4 cm³/mol. The van der Waals surface area contributed by atoms with E-state index in [9.17, 15) is 13.2 Å². The largest absolute Gasteiger partial charge is 0.344 e. The SMILES string of the molecule is CN(CCC#N)C(=O)CS(=O)(=O)c1ccccc1Cl. The highest BCUT2D eigenvalue weighted by atomic mass is 35.5. The maximum Gasteiger partial charge on any atom is 0.237 e. The second kappa shape index (κ2) is 6.55. The first-order valence-electron chi connectivity index (χ1n) is 5.46. The number of carbonyl (C=O) groups excluding carboxylic acids is 1. The summed E-state index contributed by atoms with van der Waals surface area (Å²) in [7, 11) is -2.31. The van der Waals surface area contributed by atoms with Gasteiger partial charge in [0.05, 0.1) is 22.4 Å². The van der Waals surface area contributed by atoms with Crippen LogP contribution in [-0.4, -0.2) is 38.6 Å². The molecule has 19 heavy (non-hydrogen) atoms. The van der Waals surface area contributed by atoms with Crippen molar-refractivity contribution in [3.63, 3.8) is 0 Å². The van der Waals surface area contributed by atoms with Gasteiger partial charge in [0.1, 0.15) is 5.75 Å². The van der Waals surface area contributed by atoms with Crippen LogP contribution in [-0.2, 0) is 14.6 Å². The topological polar surface area (TPSA) is 78.2 Å². The Bertz CT molecular complexity index is 608. The molecular weight excluding hydrogens is 288 g/mol. The number of amides is 1. The van der Waals surface area contributed by atoms with Crippen LogP contribution in [0.2, 0.25) is 5.02 Å². The lowest BCUT2D eigenvalue weighted by Gasteiger charge is -2.15. The molecule has 0 aliphatic carbocycles. The first kappa shape index (κ1) is 15.5. The molecule has 0 atom stereocenters. The Kier molecular flexibility index (Phi) is 5.33. The van der Waals surface area contributed by atoms with Gasteiger partial charge in [-0.25, -0.2) is 8.42 Å². The van der Waals surface area contributed by atoms with E-state index in [1.165, 1.54) is 24.1 Å². The highest BCUT2D eigenvalue weighted by molar-refractivity contribution is 7.92. The van der Waals surface area contributed by atoms with Crippen molar-refractivity contribution in [1.82, 2.24) is 4.90 Å². The minimum atomic E-state index is -3.77. The van der Waals surface area contributed by atoms with Gasteiger partial charge in [0.25, 0.3) is 0 Å². The summed E-state index contributed by atoms with van der Waals surface area (Å²) in [6.07, 6.45) is 0.161. The van der Waals surface area contributed by atoms with E-state index < -0.39 is 21.5 Å². The molecule has 7 heteroatoms. The molecule has 0 aliphatic rings. The molecule has 1 aromatic carbocycles. The maximum atomic E-state index is 12.0. The molecule has 1 amide bonds. The highest BCUT2D eigenvalue weighted by Crippen LogP contribution is 2.21. The summed E-state index contributed by atoms with van der Waals surface area (Å²) in [5.41, 5.74) is 0. The number of hydrogen-bond donors (Lipinski definition) is 0. The molecule has 1 rings (SSSR count). The quantitative estimate of drug-likeness (QED) is 0.825. The summed E-state index contributed by atoms with van der Waals surface area (Å²) in [5.74, 6) is -1.21. The van der Waals surface area contributed by atoms with Gasteiger partial charge < -0.3 is 4.90 Å². The maximum absolute atomic E-state index is 12.0. The van der Waals surface area contributed by atoms with E-state index in [1.54, 1.807) is 12.1 Å². The average molecular weight is 301 g/mol. The summed E-state index contributed by atoms with van der Waals surface area (Å²) in [5, 5.41) is 8.51. The number of nitriles is 1. The number of benzene rings is 1. The number of hydrogen-bond acceptors (Lipinski definition) is 4. The fourth-order valence-corrected chi connectivity index (χ4v) is 3.23. The highest BCUT2D eigenvalue weighted by Gasteiger charge is 2.23. The Balaban J connectivity index is 2.84. The van der Waals surface area contributed by atoms with E-state index >= 15 is 0 Å². The molecule has 0 unspecified atom stereocenters. The number of nitrogens with zero attached hydrogens (tertiary/aromatic N) is 2. The van der Waals surface area contributed by atoms with Crippen LogP contribution in [0.3, 0.4) is 0 Å². The molecule has 5 nitrogen and oxygen atoms in total. The molecule has 0 heterocycles.